The van der Waals surface area contributed by atoms with Gasteiger partial charge in [-0.2, -0.15) is 0 Å². The Morgan fingerprint density at radius 1 is 1.33 bits per heavy atom. The molecule has 0 amide bonds. The van der Waals surface area contributed by atoms with Crippen molar-refractivity contribution in [3.05, 3.63) is 0 Å². The largest absolute Gasteiger partial charge is 0.375 e. The van der Waals surface area contributed by atoms with E-state index in [4.69, 9.17) is 4.74 Å². The van der Waals surface area contributed by atoms with E-state index in [2.05, 4.69) is 31.0 Å². The van der Waals surface area contributed by atoms with Crippen molar-refractivity contribution in [3.63, 3.8) is 0 Å². The minimum Gasteiger partial charge on any atom is -0.375 e. The van der Waals surface area contributed by atoms with Crippen LogP contribution < -0.4 is 5.32 Å². The van der Waals surface area contributed by atoms with Crippen LogP contribution in [0.4, 0.5) is 0 Å². The molecule has 2 rings (SSSR count). The Bertz CT molecular complexity index is 253. The third kappa shape index (κ3) is 3.25. The van der Waals surface area contributed by atoms with Crippen molar-refractivity contribution in [2.24, 2.45) is 5.92 Å². The molecule has 106 valence electrons. The van der Waals surface area contributed by atoms with Crippen LogP contribution in [0.25, 0.3) is 0 Å². The molecular formula is C15H30N2O. The van der Waals surface area contributed by atoms with Gasteiger partial charge in [-0.05, 0) is 38.1 Å². The maximum Gasteiger partial charge on any atom is 0.0692 e. The van der Waals surface area contributed by atoms with Crippen LogP contribution in [0, 0.1) is 5.92 Å². The second-order valence-electron chi connectivity index (χ2n) is 6.19. The standard InChI is InChI=1S/C15H30N2O/c1-4-15(5-2)10-14(6-9-18-15)17-8-7-16-11-13(3)12-17/h13-14,16H,4-12H2,1-3H3. The van der Waals surface area contributed by atoms with E-state index in [0.717, 1.165) is 38.0 Å². The first-order chi connectivity index (χ1) is 8.69. The van der Waals surface area contributed by atoms with E-state index < -0.39 is 0 Å². The van der Waals surface area contributed by atoms with Gasteiger partial charge in [0.05, 0.1) is 5.60 Å². The summed E-state index contributed by atoms with van der Waals surface area (Å²) in [5.41, 5.74) is 0.159. The van der Waals surface area contributed by atoms with Crippen molar-refractivity contribution in [3.8, 4) is 0 Å². The van der Waals surface area contributed by atoms with Crippen LogP contribution in [0.2, 0.25) is 0 Å². The number of hydrogen-bond donors (Lipinski definition) is 1. The SMILES string of the molecule is CCC1(CC)CC(N2CCNCC(C)C2)CCO1. The maximum atomic E-state index is 6.10. The quantitative estimate of drug-likeness (QED) is 0.836. The molecule has 3 nitrogen and oxygen atoms in total. The summed E-state index contributed by atoms with van der Waals surface area (Å²) >= 11 is 0. The molecule has 0 aromatic heterocycles. The number of nitrogens with zero attached hydrogens (tertiary/aromatic N) is 1. The molecule has 0 radical (unpaired) electrons. The summed E-state index contributed by atoms with van der Waals surface area (Å²) in [4.78, 5) is 2.72. The number of rotatable bonds is 3. The molecule has 1 N–H and O–H groups in total. The molecule has 2 unspecified atom stereocenters. The fourth-order valence-electron chi connectivity index (χ4n) is 3.52. The van der Waals surface area contributed by atoms with Crippen LogP contribution >= 0.6 is 0 Å². The minimum absolute atomic E-state index is 0.159. The first-order valence-corrected chi connectivity index (χ1v) is 7.78. The first kappa shape index (κ1) is 14.3. The Morgan fingerprint density at radius 2 is 2.11 bits per heavy atom. The summed E-state index contributed by atoms with van der Waals surface area (Å²) in [6.45, 7) is 12.6. The fraction of sp³-hybridized carbons (Fsp3) is 1.00. The summed E-state index contributed by atoms with van der Waals surface area (Å²) in [5, 5.41) is 3.54. The van der Waals surface area contributed by atoms with Crippen LogP contribution in [0.5, 0.6) is 0 Å². The molecule has 2 aliphatic rings. The zero-order chi connectivity index (χ0) is 13.0. The van der Waals surface area contributed by atoms with Crippen LogP contribution in [0.15, 0.2) is 0 Å². The van der Waals surface area contributed by atoms with Gasteiger partial charge in [0.1, 0.15) is 0 Å². The van der Waals surface area contributed by atoms with Gasteiger partial charge in [-0.15, -0.1) is 0 Å². The molecule has 2 aliphatic heterocycles. The molecule has 0 aliphatic carbocycles. The minimum atomic E-state index is 0.159. The average molecular weight is 254 g/mol. The van der Waals surface area contributed by atoms with Crippen LogP contribution in [0.1, 0.15) is 46.5 Å². The number of ether oxygens (including phenoxy) is 1. The Morgan fingerprint density at radius 3 is 2.83 bits per heavy atom. The lowest BCUT2D eigenvalue weighted by atomic mass is 9.85. The topological polar surface area (TPSA) is 24.5 Å². The first-order valence-electron chi connectivity index (χ1n) is 7.78. The van der Waals surface area contributed by atoms with Crippen molar-refractivity contribution in [1.29, 1.82) is 0 Å². The van der Waals surface area contributed by atoms with E-state index in [1.807, 2.05) is 0 Å². The molecule has 0 aromatic carbocycles. The van der Waals surface area contributed by atoms with Gasteiger partial charge in [-0.3, -0.25) is 4.90 Å². The third-order valence-corrected chi connectivity index (χ3v) is 4.89. The molecule has 0 bridgehead atoms. The van der Waals surface area contributed by atoms with E-state index in [9.17, 15) is 0 Å². The van der Waals surface area contributed by atoms with Gasteiger partial charge >= 0.3 is 0 Å². The lowest BCUT2D eigenvalue weighted by Crippen LogP contribution is -2.49. The van der Waals surface area contributed by atoms with E-state index in [1.165, 1.54) is 32.5 Å². The fourth-order valence-corrected chi connectivity index (χ4v) is 3.52. The van der Waals surface area contributed by atoms with Gasteiger partial charge < -0.3 is 10.1 Å². The van der Waals surface area contributed by atoms with Crippen molar-refractivity contribution < 1.29 is 4.74 Å². The van der Waals surface area contributed by atoms with Crippen LogP contribution in [-0.4, -0.2) is 49.3 Å². The maximum absolute atomic E-state index is 6.10. The molecule has 3 heteroatoms. The molecular weight excluding hydrogens is 224 g/mol. The van der Waals surface area contributed by atoms with Gasteiger partial charge in [-0.1, -0.05) is 20.8 Å². The highest BCUT2D eigenvalue weighted by Crippen LogP contribution is 2.33. The zero-order valence-corrected chi connectivity index (χ0v) is 12.4. The van der Waals surface area contributed by atoms with Crippen molar-refractivity contribution in [2.75, 3.05) is 32.8 Å². The lowest BCUT2D eigenvalue weighted by molar-refractivity contribution is -0.110. The summed E-state index contributed by atoms with van der Waals surface area (Å²) in [5.74, 6) is 0.771. The lowest BCUT2D eigenvalue weighted by Gasteiger charge is -2.44. The predicted molar refractivity (Wildman–Crippen MR) is 75.9 cm³/mol. The number of nitrogens with one attached hydrogen (secondary N) is 1. The molecule has 2 atom stereocenters. The van der Waals surface area contributed by atoms with Crippen LogP contribution in [-0.2, 0) is 4.74 Å². The van der Waals surface area contributed by atoms with E-state index in [-0.39, 0.29) is 5.60 Å². The molecule has 2 fully saturated rings. The molecule has 0 aromatic rings. The number of hydrogen-bond acceptors (Lipinski definition) is 3. The highest BCUT2D eigenvalue weighted by molar-refractivity contribution is 4.90. The normalized spacial score (nSPS) is 34.2. The Kier molecular flexibility index (Phi) is 5.05. The Labute approximate surface area is 112 Å². The predicted octanol–water partition coefficient (Wildman–Crippen LogP) is 2.27. The van der Waals surface area contributed by atoms with Crippen molar-refractivity contribution in [1.82, 2.24) is 10.2 Å². The van der Waals surface area contributed by atoms with Gasteiger partial charge in [-0.25, -0.2) is 0 Å². The van der Waals surface area contributed by atoms with Crippen molar-refractivity contribution in [2.45, 2.75) is 58.1 Å². The molecule has 0 spiro atoms. The Balaban J connectivity index is 1.98. The van der Waals surface area contributed by atoms with Crippen LogP contribution in [0.3, 0.4) is 0 Å². The van der Waals surface area contributed by atoms with Gasteiger partial charge in [0.15, 0.2) is 0 Å². The van der Waals surface area contributed by atoms with Gasteiger partial charge in [0, 0.05) is 32.3 Å². The third-order valence-electron chi connectivity index (χ3n) is 4.89. The molecule has 18 heavy (non-hydrogen) atoms. The molecule has 2 saturated heterocycles. The summed E-state index contributed by atoms with van der Waals surface area (Å²) < 4.78 is 6.10. The summed E-state index contributed by atoms with van der Waals surface area (Å²) in [6, 6.07) is 0.737. The van der Waals surface area contributed by atoms with E-state index in [1.54, 1.807) is 0 Å². The summed E-state index contributed by atoms with van der Waals surface area (Å²) in [6.07, 6.45) is 4.75. The monoisotopic (exact) mass is 254 g/mol. The van der Waals surface area contributed by atoms with Gasteiger partial charge in [0.25, 0.3) is 0 Å². The average Bonchev–Trinajstić information content (AvgIpc) is 2.63. The van der Waals surface area contributed by atoms with E-state index >= 15 is 0 Å². The molecule has 0 saturated carbocycles. The second kappa shape index (κ2) is 6.36. The highest BCUT2D eigenvalue weighted by Gasteiger charge is 2.37. The summed E-state index contributed by atoms with van der Waals surface area (Å²) in [7, 11) is 0. The van der Waals surface area contributed by atoms with E-state index in [0.29, 0.717) is 0 Å². The van der Waals surface area contributed by atoms with Crippen molar-refractivity contribution >= 4 is 0 Å². The molecule has 2 heterocycles. The zero-order valence-electron chi connectivity index (χ0n) is 12.4. The highest BCUT2D eigenvalue weighted by atomic mass is 16.5. The Hall–Kier alpha value is -0.120. The van der Waals surface area contributed by atoms with Gasteiger partial charge in [0.2, 0.25) is 0 Å². The smallest absolute Gasteiger partial charge is 0.0692 e. The second-order valence-corrected chi connectivity index (χ2v) is 6.19.